The minimum atomic E-state index is -0.00549. The molecule has 96 valence electrons. The van der Waals surface area contributed by atoms with E-state index >= 15 is 0 Å². The predicted octanol–water partition coefficient (Wildman–Crippen LogP) is 2.36. The summed E-state index contributed by atoms with van der Waals surface area (Å²) in [4.78, 5) is 17.3. The molecule has 3 aromatic rings. The van der Waals surface area contributed by atoms with E-state index in [0.717, 1.165) is 16.3 Å². The van der Waals surface area contributed by atoms with Crippen molar-refractivity contribution in [3.63, 3.8) is 0 Å². The van der Waals surface area contributed by atoms with E-state index in [2.05, 4.69) is 4.98 Å². The summed E-state index contributed by atoms with van der Waals surface area (Å²) in [6.07, 6.45) is 3.97. The lowest BCUT2D eigenvalue weighted by Gasteiger charge is -2.04. The van der Waals surface area contributed by atoms with Gasteiger partial charge in [0.1, 0.15) is 5.75 Å². The summed E-state index contributed by atoms with van der Waals surface area (Å²) in [6, 6.07) is 7.71. The Morgan fingerprint density at radius 1 is 1.42 bits per heavy atom. The Balaban J connectivity index is 2.00. The first-order chi connectivity index (χ1) is 9.28. The molecule has 0 amide bonds. The predicted molar refractivity (Wildman–Crippen MR) is 75.1 cm³/mol. The molecule has 4 nitrogen and oxygen atoms in total. The molecule has 0 saturated heterocycles. The van der Waals surface area contributed by atoms with Gasteiger partial charge in [0.15, 0.2) is 4.96 Å². The van der Waals surface area contributed by atoms with Crippen LogP contribution in [0, 0.1) is 0 Å². The smallest absolute Gasteiger partial charge is 0.262 e. The molecule has 0 N–H and O–H groups in total. The highest BCUT2D eigenvalue weighted by Crippen LogP contribution is 2.15. The van der Waals surface area contributed by atoms with E-state index in [-0.39, 0.29) is 5.56 Å². The van der Waals surface area contributed by atoms with Gasteiger partial charge >= 0.3 is 0 Å². The standard InChI is InChI=1S/C14H12N2O2S/c1-18-12-4-2-3-10(8-12)7-11-9-15-14-16(13(11)17)5-6-19-14/h2-6,8-9H,7H2,1H3. The van der Waals surface area contributed by atoms with Gasteiger partial charge in [-0.2, -0.15) is 0 Å². The maximum Gasteiger partial charge on any atom is 0.262 e. The Labute approximate surface area is 113 Å². The fourth-order valence-corrected chi connectivity index (χ4v) is 2.66. The summed E-state index contributed by atoms with van der Waals surface area (Å²) in [5, 5.41) is 1.86. The number of methoxy groups -OCH3 is 1. The van der Waals surface area contributed by atoms with Gasteiger partial charge in [0.25, 0.3) is 5.56 Å². The Morgan fingerprint density at radius 3 is 3.16 bits per heavy atom. The van der Waals surface area contributed by atoms with Crippen LogP contribution in [0.15, 0.2) is 46.8 Å². The molecule has 0 aliphatic rings. The van der Waals surface area contributed by atoms with Crippen LogP contribution in [-0.2, 0) is 6.42 Å². The van der Waals surface area contributed by atoms with E-state index in [9.17, 15) is 4.79 Å². The summed E-state index contributed by atoms with van der Waals surface area (Å²) in [5.74, 6) is 0.794. The van der Waals surface area contributed by atoms with Gasteiger partial charge in [0.05, 0.1) is 7.11 Å². The van der Waals surface area contributed by atoms with Crippen LogP contribution in [-0.4, -0.2) is 16.5 Å². The summed E-state index contributed by atoms with van der Waals surface area (Å²) in [6.45, 7) is 0. The lowest BCUT2D eigenvalue weighted by molar-refractivity contribution is 0.414. The molecule has 0 saturated carbocycles. The van der Waals surface area contributed by atoms with Gasteiger partial charge in [-0.15, -0.1) is 11.3 Å². The number of fused-ring (bicyclic) bond motifs is 1. The van der Waals surface area contributed by atoms with Crippen molar-refractivity contribution in [2.24, 2.45) is 0 Å². The number of hydrogen-bond acceptors (Lipinski definition) is 4. The molecule has 19 heavy (non-hydrogen) atoms. The second-order valence-corrected chi connectivity index (χ2v) is 5.05. The quantitative estimate of drug-likeness (QED) is 0.735. The van der Waals surface area contributed by atoms with Gasteiger partial charge in [0.2, 0.25) is 0 Å². The van der Waals surface area contributed by atoms with Crippen molar-refractivity contribution >= 4 is 16.3 Å². The van der Waals surface area contributed by atoms with Gasteiger partial charge in [-0.1, -0.05) is 12.1 Å². The van der Waals surface area contributed by atoms with Crippen LogP contribution in [0.4, 0.5) is 0 Å². The number of aromatic nitrogens is 2. The average Bonchev–Trinajstić information content (AvgIpc) is 2.91. The lowest BCUT2D eigenvalue weighted by atomic mass is 10.1. The molecule has 2 heterocycles. The summed E-state index contributed by atoms with van der Waals surface area (Å²) < 4.78 is 6.77. The zero-order valence-electron chi connectivity index (χ0n) is 10.4. The number of rotatable bonds is 3. The Kier molecular flexibility index (Phi) is 3.05. The van der Waals surface area contributed by atoms with Crippen LogP contribution in [0.2, 0.25) is 0 Å². The summed E-state index contributed by atoms with van der Waals surface area (Å²) >= 11 is 1.45. The topological polar surface area (TPSA) is 43.6 Å². The molecule has 0 radical (unpaired) electrons. The molecule has 0 spiro atoms. The van der Waals surface area contributed by atoms with Crippen molar-refractivity contribution in [3.05, 3.63) is 63.5 Å². The Bertz CT molecular complexity index is 776. The van der Waals surface area contributed by atoms with Crippen LogP contribution >= 0.6 is 11.3 Å². The molecule has 0 fully saturated rings. The van der Waals surface area contributed by atoms with Crippen molar-refractivity contribution in [1.82, 2.24) is 9.38 Å². The summed E-state index contributed by atoms with van der Waals surface area (Å²) in [7, 11) is 1.63. The second kappa shape index (κ2) is 4.85. The molecule has 1 aromatic carbocycles. The number of ether oxygens (including phenoxy) is 1. The van der Waals surface area contributed by atoms with Gasteiger partial charge in [-0.05, 0) is 17.7 Å². The van der Waals surface area contributed by atoms with E-state index in [1.807, 2.05) is 29.6 Å². The van der Waals surface area contributed by atoms with E-state index in [4.69, 9.17) is 4.74 Å². The van der Waals surface area contributed by atoms with E-state index in [1.54, 1.807) is 23.9 Å². The first-order valence-corrected chi connectivity index (χ1v) is 6.72. The van der Waals surface area contributed by atoms with Crippen molar-refractivity contribution in [2.45, 2.75) is 6.42 Å². The normalized spacial score (nSPS) is 10.8. The summed E-state index contributed by atoms with van der Waals surface area (Å²) in [5.41, 5.74) is 1.71. The van der Waals surface area contributed by atoms with Crippen molar-refractivity contribution < 1.29 is 4.74 Å². The van der Waals surface area contributed by atoms with Crippen LogP contribution in [0.1, 0.15) is 11.1 Å². The molecular formula is C14H12N2O2S. The highest BCUT2D eigenvalue weighted by atomic mass is 32.1. The minimum Gasteiger partial charge on any atom is -0.497 e. The first kappa shape index (κ1) is 11.9. The number of hydrogen-bond donors (Lipinski definition) is 0. The maximum atomic E-state index is 12.2. The van der Waals surface area contributed by atoms with Crippen molar-refractivity contribution in [3.8, 4) is 5.75 Å². The van der Waals surface area contributed by atoms with Crippen molar-refractivity contribution in [2.75, 3.05) is 7.11 Å². The fourth-order valence-electron chi connectivity index (χ4n) is 1.99. The van der Waals surface area contributed by atoms with Gasteiger partial charge < -0.3 is 4.74 Å². The van der Waals surface area contributed by atoms with Crippen LogP contribution in [0.3, 0.4) is 0 Å². The number of thiazole rings is 1. The maximum absolute atomic E-state index is 12.2. The van der Waals surface area contributed by atoms with E-state index in [0.29, 0.717) is 12.0 Å². The van der Waals surface area contributed by atoms with Crippen LogP contribution in [0.25, 0.3) is 4.96 Å². The SMILES string of the molecule is COc1cccc(Cc2cnc3sccn3c2=O)c1. The fraction of sp³-hybridized carbons (Fsp3) is 0.143. The molecule has 0 atom stereocenters. The molecule has 5 heteroatoms. The minimum absolute atomic E-state index is 0.00549. The lowest BCUT2D eigenvalue weighted by Crippen LogP contribution is -2.17. The number of nitrogens with zero attached hydrogens (tertiary/aromatic N) is 2. The van der Waals surface area contributed by atoms with E-state index in [1.165, 1.54) is 11.3 Å². The third-order valence-electron chi connectivity index (χ3n) is 2.94. The van der Waals surface area contributed by atoms with Gasteiger partial charge in [0, 0.05) is 29.8 Å². The van der Waals surface area contributed by atoms with Crippen LogP contribution < -0.4 is 10.3 Å². The Morgan fingerprint density at radius 2 is 2.32 bits per heavy atom. The molecule has 2 aromatic heterocycles. The third kappa shape index (κ3) is 2.24. The van der Waals surface area contributed by atoms with Gasteiger partial charge in [-0.25, -0.2) is 4.98 Å². The van der Waals surface area contributed by atoms with Gasteiger partial charge in [-0.3, -0.25) is 9.20 Å². The highest BCUT2D eigenvalue weighted by molar-refractivity contribution is 7.15. The zero-order chi connectivity index (χ0) is 13.2. The molecular weight excluding hydrogens is 260 g/mol. The largest absolute Gasteiger partial charge is 0.497 e. The monoisotopic (exact) mass is 272 g/mol. The number of benzene rings is 1. The molecule has 3 rings (SSSR count). The Hall–Kier alpha value is -2.14. The van der Waals surface area contributed by atoms with E-state index < -0.39 is 0 Å². The molecule has 0 unspecified atom stereocenters. The highest BCUT2D eigenvalue weighted by Gasteiger charge is 2.07. The van der Waals surface area contributed by atoms with Crippen molar-refractivity contribution in [1.29, 1.82) is 0 Å². The molecule has 0 aliphatic carbocycles. The molecule has 0 aliphatic heterocycles. The average molecular weight is 272 g/mol. The van der Waals surface area contributed by atoms with Crippen LogP contribution in [0.5, 0.6) is 5.75 Å². The molecule has 0 bridgehead atoms. The first-order valence-electron chi connectivity index (χ1n) is 5.84. The zero-order valence-corrected chi connectivity index (χ0v) is 11.2. The third-order valence-corrected chi connectivity index (χ3v) is 3.71. The second-order valence-electron chi connectivity index (χ2n) is 4.17.